The largest absolute Gasteiger partial charge is 0.347 e. The molecule has 0 aliphatic carbocycles. The van der Waals surface area contributed by atoms with Gasteiger partial charge in [-0.25, -0.2) is 0 Å². The van der Waals surface area contributed by atoms with E-state index in [9.17, 15) is 9.59 Å². The summed E-state index contributed by atoms with van der Waals surface area (Å²) in [4.78, 5) is 27.3. The van der Waals surface area contributed by atoms with E-state index in [0.717, 1.165) is 38.3 Å². The first kappa shape index (κ1) is 21.7. The number of benzene rings is 1. The molecule has 1 aromatic carbocycles. The van der Waals surface area contributed by atoms with Crippen molar-refractivity contribution in [3.8, 4) is 0 Å². The van der Waals surface area contributed by atoms with Crippen molar-refractivity contribution in [3.63, 3.8) is 0 Å². The number of anilines is 1. The van der Waals surface area contributed by atoms with E-state index in [-0.39, 0.29) is 23.4 Å². The van der Waals surface area contributed by atoms with Gasteiger partial charge in [0.05, 0.1) is 13.1 Å². The van der Waals surface area contributed by atoms with Crippen LogP contribution in [0.2, 0.25) is 5.02 Å². The molecule has 0 aromatic heterocycles. The second kappa shape index (κ2) is 9.53. The number of nitrogens with one attached hydrogen (secondary N) is 4. The van der Waals surface area contributed by atoms with Gasteiger partial charge in [-0.3, -0.25) is 9.59 Å². The minimum absolute atomic E-state index is 0.00110. The van der Waals surface area contributed by atoms with Crippen molar-refractivity contribution in [2.75, 3.05) is 38.0 Å². The minimum Gasteiger partial charge on any atom is -0.347 e. The highest BCUT2D eigenvalue weighted by Gasteiger charge is 2.30. The van der Waals surface area contributed by atoms with Crippen LogP contribution in [0.15, 0.2) is 24.3 Å². The lowest BCUT2D eigenvalue weighted by molar-refractivity contribution is -0.942. The van der Waals surface area contributed by atoms with Crippen molar-refractivity contribution in [1.82, 2.24) is 5.32 Å². The van der Waals surface area contributed by atoms with Gasteiger partial charge in [-0.2, -0.15) is 0 Å². The number of carbonyl (C=O) groups excluding carboxylic acids is 2. The van der Waals surface area contributed by atoms with E-state index in [4.69, 9.17) is 11.6 Å². The van der Waals surface area contributed by atoms with Gasteiger partial charge in [-0.15, -0.1) is 0 Å². The van der Waals surface area contributed by atoms with E-state index in [1.54, 1.807) is 12.1 Å². The third-order valence-corrected chi connectivity index (χ3v) is 5.09. The number of hydrogen-bond donors (Lipinski definition) is 4. The lowest BCUT2D eigenvalue weighted by atomic mass is 10.1. The van der Waals surface area contributed by atoms with Gasteiger partial charge < -0.3 is 20.4 Å². The fourth-order valence-corrected chi connectivity index (χ4v) is 3.64. The highest BCUT2D eigenvalue weighted by Crippen LogP contribution is 2.14. The molecule has 7 heteroatoms. The molecular weight excluding hydrogens is 364 g/mol. The smallest absolute Gasteiger partial charge is 0.282 e. The van der Waals surface area contributed by atoms with Crippen molar-refractivity contribution in [2.24, 2.45) is 0 Å². The third kappa shape index (κ3) is 7.48. The van der Waals surface area contributed by atoms with Crippen LogP contribution in [0.3, 0.4) is 0 Å². The molecule has 150 valence electrons. The second-order valence-corrected chi connectivity index (χ2v) is 8.89. The van der Waals surface area contributed by atoms with E-state index in [1.807, 2.05) is 39.8 Å². The Labute approximate surface area is 167 Å². The van der Waals surface area contributed by atoms with E-state index in [2.05, 4.69) is 10.6 Å². The first-order chi connectivity index (χ1) is 12.6. The summed E-state index contributed by atoms with van der Waals surface area (Å²) in [5.74, 6) is 0.0916. The normalized spacial score (nSPS) is 21.8. The van der Waals surface area contributed by atoms with Crippen molar-refractivity contribution in [1.29, 1.82) is 0 Å². The van der Waals surface area contributed by atoms with Gasteiger partial charge >= 0.3 is 0 Å². The standard InChI is InChI=1S/C20H31ClN4O2/c1-15(19(27)22-17-8-5-7-16(21)13-17)25-10-6-9-24(11-12-25)14-18(26)23-20(2,3)4/h5,7-8,13,15H,6,9-12,14H2,1-4H3,(H,22,27)(H,23,26)/p+2/t15-/m0/s1. The number of halogens is 1. The summed E-state index contributed by atoms with van der Waals surface area (Å²) in [5.41, 5.74) is 0.520. The molecule has 1 fully saturated rings. The minimum atomic E-state index is -0.202. The second-order valence-electron chi connectivity index (χ2n) is 8.46. The molecule has 2 amide bonds. The van der Waals surface area contributed by atoms with Crippen molar-refractivity contribution >= 4 is 29.1 Å². The summed E-state index contributed by atoms with van der Waals surface area (Å²) in [6, 6.07) is 7.06. The molecule has 2 unspecified atom stereocenters. The summed E-state index contributed by atoms with van der Waals surface area (Å²) >= 11 is 5.98. The Kier molecular flexibility index (Phi) is 7.65. The maximum absolute atomic E-state index is 12.6. The Hall–Kier alpha value is -1.63. The predicted molar refractivity (Wildman–Crippen MR) is 108 cm³/mol. The van der Waals surface area contributed by atoms with Crippen LogP contribution in [0.1, 0.15) is 34.1 Å². The van der Waals surface area contributed by atoms with Gasteiger partial charge in [0.2, 0.25) is 0 Å². The molecule has 0 saturated carbocycles. The molecule has 27 heavy (non-hydrogen) atoms. The topological polar surface area (TPSA) is 67.1 Å². The highest BCUT2D eigenvalue weighted by molar-refractivity contribution is 6.30. The average molecular weight is 397 g/mol. The lowest BCUT2D eigenvalue weighted by Crippen LogP contribution is -3.20. The van der Waals surface area contributed by atoms with E-state index in [0.29, 0.717) is 11.6 Å². The molecule has 4 N–H and O–H groups in total. The maximum Gasteiger partial charge on any atom is 0.282 e. The van der Waals surface area contributed by atoms with Crippen LogP contribution in [-0.4, -0.2) is 56.1 Å². The van der Waals surface area contributed by atoms with E-state index >= 15 is 0 Å². The Morgan fingerprint density at radius 3 is 2.59 bits per heavy atom. The molecule has 2 rings (SSSR count). The van der Waals surface area contributed by atoms with Crippen LogP contribution >= 0.6 is 11.6 Å². The zero-order valence-electron chi connectivity index (χ0n) is 16.8. The Bertz CT molecular complexity index is 660. The number of hydrogen-bond acceptors (Lipinski definition) is 2. The fraction of sp³-hybridized carbons (Fsp3) is 0.600. The lowest BCUT2D eigenvalue weighted by Gasteiger charge is -2.24. The Morgan fingerprint density at radius 1 is 1.19 bits per heavy atom. The zero-order chi connectivity index (χ0) is 20.0. The van der Waals surface area contributed by atoms with Crippen molar-refractivity contribution < 1.29 is 19.4 Å². The van der Waals surface area contributed by atoms with E-state index < -0.39 is 0 Å². The van der Waals surface area contributed by atoms with Gasteiger partial charge in [-0.1, -0.05) is 17.7 Å². The van der Waals surface area contributed by atoms with Crippen molar-refractivity contribution in [3.05, 3.63) is 29.3 Å². The predicted octanol–water partition coefficient (Wildman–Crippen LogP) is -0.245. The van der Waals surface area contributed by atoms with Crippen LogP contribution in [0.4, 0.5) is 5.69 Å². The summed E-state index contributed by atoms with van der Waals surface area (Å²) in [7, 11) is 0. The Morgan fingerprint density at radius 2 is 1.93 bits per heavy atom. The highest BCUT2D eigenvalue weighted by atomic mass is 35.5. The molecule has 1 aliphatic heterocycles. The van der Waals surface area contributed by atoms with Crippen LogP contribution in [0, 0.1) is 0 Å². The molecule has 6 nitrogen and oxygen atoms in total. The molecule has 1 aromatic rings. The van der Waals surface area contributed by atoms with Crippen LogP contribution in [-0.2, 0) is 9.59 Å². The van der Waals surface area contributed by atoms with Gasteiger partial charge in [0.15, 0.2) is 12.6 Å². The summed E-state index contributed by atoms with van der Waals surface area (Å²) in [6.07, 6.45) is 1.00. The summed E-state index contributed by atoms with van der Waals surface area (Å²) in [6.45, 7) is 12.1. The van der Waals surface area contributed by atoms with Gasteiger partial charge in [0.25, 0.3) is 11.8 Å². The monoisotopic (exact) mass is 396 g/mol. The molecule has 3 atom stereocenters. The van der Waals surface area contributed by atoms with Gasteiger partial charge in [0.1, 0.15) is 13.1 Å². The zero-order valence-corrected chi connectivity index (χ0v) is 17.6. The number of amides is 2. The molecule has 0 spiro atoms. The quantitative estimate of drug-likeness (QED) is 0.554. The van der Waals surface area contributed by atoms with Gasteiger partial charge in [-0.05, 0) is 45.9 Å². The summed E-state index contributed by atoms with van der Waals surface area (Å²) < 4.78 is 0. The Balaban J connectivity index is 1.85. The van der Waals surface area contributed by atoms with E-state index in [1.165, 1.54) is 9.80 Å². The SMILES string of the molecule is C[C@@H](C(=O)Nc1cccc(Cl)c1)[NH+]1CCC[NH+](CC(=O)NC(C)(C)C)CC1. The van der Waals surface area contributed by atoms with Crippen LogP contribution < -0.4 is 20.4 Å². The number of rotatable bonds is 5. The molecule has 1 aliphatic rings. The average Bonchev–Trinajstić information content (AvgIpc) is 2.78. The molecule has 0 radical (unpaired) electrons. The third-order valence-electron chi connectivity index (χ3n) is 4.85. The molecule has 1 heterocycles. The van der Waals surface area contributed by atoms with Gasteiger partial charge in [0, 0.05) is 22.7 Å². The molecule has 1 saturated heterocycles. The number of quaternary nitrogens is 2. The van der Waals surface area contributed by atoms with Crippen LogP contribution in [0.5, 0.6) is 0 Å². The first-order valence-electron chi connectivity index (χ1n) is 9.69. The molecule has 0 bridgehead atoms. The number of carbonyl (C=O) groups is 2. The first-order valence-corrected chi connectivity index (χ1v) is 10.1. The molecular formula is C20H33ClN4O2+2. The summed E-state index contributed by atoms with van der Waals surface area (Å²) in [5, 5.41) is 6.59. The van der Waals surface area contributed by atoms with Crippen LogP contribution in [0.25, 0.3) is 0 Å². The fourth-order valence-electron chi connectivity index (χ4n) is 3.45. The van der Waals surface area contributed by atoms with Crippen molar-refractivity contribution in [2.45, 2.75) is 45.7 Å². The maximum atomic E-state index is 12.6.